The van der Waals surface area contributed by atoms with E-state index in [-0.39, 0.29) is 18.2 Å². The molecule has 0 aliphatic rings. The first kappa shape index (κ1) is 17.4. The van der Waals surface area contributed by atoms with Gasteiger partial charge in [-0.25, -0.2) is 13.2 Å². The highest BCUT2D eigenvalue weighted by Crippen LogP contribution is 2.20. The van der Waals surface area contributed by atoms with Gasteiger partial charge in [-0.05, 0) is 35.9 Å². The lowest BCUT2D eigenvalue weighted by Crippen LogP contribution is -2.29. The maximum Gasteiger partial charge on any atom is 0.230 e. The number of halogens is 3. The number of aliphatic hydroxyl groups excluding tert-OH is 1. The zero-order chi connectivity index (χ0) is 16.8. The van der Waals surface area contributed by atoms with Crippen LogP contribution in [0.1, 0.15) is 11.7 Å². The zero-order valence-corrected chi connectivity index (χ0v) is 12.7. The Morgan fingerprint density at radius 1 is 1.09 bits per heavy atom. The number of rotatable bonds is 6. The molecule has 0 radical (unpaired) electrons. The van der Waals surface area contributed by atoms with Crippen LogP contribution in [0.2, 0.25) is 0 Å². The predicted molar refractivity (Wildman–Crippen MR) is 81.5 cm³/mol. The van der Waals surface area contributed by atoms with Crippen molar-refractivity contribution in [1.82, 2.24) is 5.32 Å². The molecule has 7 heteroatoms. The number of aliphatic hydroxyl groups is 1. The number of hydrogen-bond donors (Lipinski definition) is 2. The fraction of sp³-hybridized carbons (Fsp3) is 0.188. The first-order valence-corrected chi connectivity index (χ1v) is 7.72. The second-order valence-corrected chi connectivity index (χ2v) is 5.78. The van der Waals surface area contributed by atoms with Crippen LogP contribution >= 0.6 is 11.8 Å². The summed E-state index contributed by atoms with van der Waals surface area (Å²) in [5.74, 6) is -2.68. The van der Waals surface area contributed by atoms with Crippen LogP contribution in [0.25, 0.3) is 0 Å². The molecule has 2 aromatic rings. The molecule has 0 bridgehead atoms. The molecule has 1 atom stereocenters. The summed E-state index contributed by atoms with van der Waals surface area (Å²) in [6.07, 6.45) is -0.951. The van der Waals surface area contributed by atoms with Gasteiger partial charge in [-0.1, -0.05) is 12.1 Å². The summed E-state index contributed by atoms with van der Waals surface area (Å²) in [4.78, 5) is 12.1. The standard InChI is InChI=1S/C16H14F3NO2S/c17-11-3-1-10(2-4-11)15(21)8-20-16(22)9-23-12-5-6-13(18)14(19)7-12/h1-7,15,21H,8-9H2,(H,20,22). The van der Waals surface area contributed by atoms with E-state index in [2.05, 4.69) is 5.32 Å². The lowest BCUT2D eigenvalue weighted by Gasteiger charge is -2.12. The Morgan fingerprint density at radius 3 is 2.43 bits per heavy atom. The van der Waals surface area contributed by atoms with Crippen LogP contribution in [0.3, 0.4) is 0 Å². The van der Waals surface area contributed by atoms with Crippen molar-refractivity contribution in [2.24, 2.45) is 0 Å². The van der Waals surface area contributed by atoms with Crippen LogP contribution in [-0.4, -0.2) is 23.3 Å². The topological polar surface area (TPSA) is 49.3 Å². The van der Waals surface area contributed by atoms with E-state index in [0.717, 1.165) is 23.9 Å². The molecule has 1 unspecified atom stereocenters. The third-order valence-corrected chi connectivity index (χ3v) is 4.00. The largest absolute Gasteiger partial charge is 0.387 e. The SMILES string of the molecule is O=C(CSc1ccc(F)c(F)c1)NCC(O)c1ccc(F)cc1. The van der Waals surface area contributed by atoms with E-state index in [1.807, 2.05) is 0 Å². The molecule has 3 nitrogen and oxygen atoms in total. The first-order chi connectivity index (χ1) is 11.0. The van der Waals surface area contributed by atoms with Gasteiger partial charge in [0.05, 0.1) is 11.9 Å². The normalized spacial score (nSPS) is 12.0. The van der Waals surface area contributed by atoms with E-state index in [0.29, 0.717) is 10.5 Å². The molecule has 2 N–H and O–H groups in total. The predicted octanol–water partition coefficient (Wildman–Crippen LogP) is 3.05. The van der Waals surface area contributed by atoms with Crippen LogP contribution in [0.4, 0.5) is 13.2 Å². The number of nitrogens with one attached hydrogen (secondary N) is 1. The Kier molecular flexibility index (Phi) is 6.06. The molecule has 2 aromatic carbocycles. The van der Waals surface area contributed by atoms with Gasteiger partial charge < -0.3 is 10.4 Å². The molecule has 23 heavy (non-hydrogen) atoms. The van der Waals surface area contributed by atoms with Crippen molar-refractivity contribution in [2.45, 2.75) is 11.0 Å². The number of hydrogen-bond acceptors (Lipinski definition) is 3. The van der Waals surface area contributed by atoms with Gasteiger partial charge in [0.2, 0.25) is 5.91 Å². The molecule has 0 aromatic heterocycles. The summed E-state index contributed by atoms with van der Waals surface area (Å²) in [6.45, 7) is -0.0250. The van der Waals surface area contributed by atoms with Crippen molar-refractivity contribution < 1.29 is 23.1 Å². The molecule has 0 aliphatic carbocycles. The van der Waals surface area contributed by atoms with Gasteiger partial charge in [0.15, 0.2) is 11.6 Å². The van der Waals surface area contributed by atoms with E-state index in [1.165, 1.54) is 30.3 Å². The number of carbonyl (C=O) groups excluding carboxylic acids is 1. The summed E-state index contributed by atoms with van der Waals surface area (Å²) in [7, 11) is 0. The minimum Gasteiger partial charge on any atom is -0.387 e. The Balaban J connectivity index is 1.78. The minimum absolute atomic E-state index is 0.00120. The van der Waals surface area contributed by atoms with Crippen molar-refractivity contribution in [3.63, 3.8) is 0 Å². The second kappa shape index (κ2) is 8.03. The average molecular weight is 341 g/mol. The van der Waals surface area contributed by atoms with Gasteiger partial charge in [-0.3, -0.25) is 4.79 Å². The molecular formula is C16H14F3NO2S. The number of amides is 1. The van der Waals surface area contributed by atoms with Crippen LogP contribution in [0.15, 0.2) is 47.4 Å². The van der Waals surface area contributed by atoms with Gasteiger partial charge >= 0.3 is 0 Å². The molecular weight excluding hydrogens is 327 g/mol. The van der Waals surface area contributed by atoms with Crippen LogP contribution in [0, 0.1) is 17.5 Å². The van der Waals surface area contributed by atoms with Crippen molar-refractivity contribution in [3.8, 4) is 0 Å². The van der Waals surface area contributed by atoms with Crippen LogP contribution < -0.4 is 5.32 Å². The van der Waals surface area contributed by atoms with E-state index in [1.54, 1.807) is 0 Å². The summed E-state index contributed by atoms with van der Waals surface area (Å²) < 4.78 is 38.6. The number of benzene rings is 2. The fourth-order valence-corrected chi connectivity index (χ4v) is 2.53. The Morgan fingerprint density at radius 2 is 1.78 bits per heavy atom. The lowest BCUT2D eigenvalue weighted by atomic mass is 10.1. The summed E-state index contributed by atoms with van der Waals surface area (Å²) in [6, 6.07) is 8.70. The minimum atomic E-state index is -0.970. The van der Waals surface area contributed by atoms with Gasteiger partial charge in [-0.2, -0.15) is 0 Å². The highest BCUT2D eigenvalue weighted by molar-refractivity contribution is 8.00. The molecule has 0 saturated heterocycles. The summed E-state index contributed by atoms with van der Waals surface area (Å²) in [5.41, 5.74) is 0.486. The van der Waals surface area contributed by atoms with Crippen LogP contribution in [0.5, 0.6) is 0 Å². The number of carbonyl (C=O) groups is 1. The maximum absolute atomic E-state index is 13.0. The second-order valence-electron chi connectivity index (χ2n) is 4.74. The van der Waals surface area contributed by atoms with Gasteiger partial charge in [-0.15, -0.1) is 11.8 Å². The highest BCUT2D eigenvalue weighted by Gasteiger charge is 2.10. The first-order valence-electron chi connectivity index (χ1n) is 6.74. The summed E-state index contributed by atoms with van der Waals surface area (Å²) >= 11 is 1.05. The lowest BCUT2D eigenvalue weighted by molar-refractivity contribution is -0.119. The van der Waals surface area contributed by atoms with Crippen molar-refractivity contribution >= 4 is 17.7 Å². The van der Waals surface area contributed by atoms with Crippen molar-refractivity contribution in [3.05, 3.63) is 65.5 Å². The molecule has 0 saturated carbocycles. The van der Waals surface area contributed by atoms with Crippen molar-refractivity contribution in [1.29, 1.82) is 0 Å². The highest BCUT2D eigenvalue weighted by atomic mass is 32.2. The smallest absolute Gasteiger partial charge is 0.230 e. The van der Waals surface area contributed by atoms with Gasteiger partial charge in [0.25, 0.3) is 0 Å². The summed E-state index contributed by atoms with van der Waals surface area (Å²) in [5, 5.41) is 12.4. The van der Waals surface area contributed by atoms with E-state index < -0.39 is 23.6 Å². The third-order valence-electron chi connectivity index (χ3n) is 3.01. The quantitative estimate of drug-likeness (QED) is 0.794. The fourth-order valence-electron chi connectivity index (χ4n) is 1.78. The molecule has 0 heterocycles. The Labute approximate surface area is 135 Å². The Hall–Kier alpha value is -1.99. The van der Waals surface area contributed by atoms with Crippen molar-refractivity contribution in [2.75, 3.05) is 12.3 Å². The number of thioether (sulfide) groups is 1. The molecule has 0 fully saturated rings. The Bertz CT molecular complexity index is 680. The molecule has 0 spiro atoms. The van der Waals surface area contributed by atoms with Gasteiger partial charge in [0.1, 0.15) is 5.82 Å². The molecule has 2 rings (SSSR count). The monoisotopic (exact) mass is 341 g/mol. The molecule has 0 aliphatic heterocycles. The average Bonchev–Trinajstić information content (AvgIpc) is 2.54. The third kappa shape index (κ3) is 5.30. The van der Waals surface area contributed by atoms with Gasteiger partial charge in [0, 0.05) is 11.4 Å². The molecule has 1 amide bonds. The zero-order valence-electron chi connectivity index (χ0n) is 11.9. The molecule has 122 valence electrons. The van der Waals surface area contributed by atoms with E-state index >= 15 is 0 Å². The van der Waals surface area contributed by atoms with Crippen LogP contribution in [-0.2, 0) is 4.79 Å². The van der Waals surface area contributed by atoms with E-state index in [4.69, 9.17) is 0 Å². The van der Waals surface area contributed by atoms with E-state index in [9.17, 15) is 23.1 Å². The maximum atomic E-state index is 13.0.